The van der Waals surface area contributed by atoms with Crippen molar-refractivity contribution in [2.24, 2.45) is 0 Å². The Morgan fingerprint density at radius 2 is 1.53 bits per heavy atom. The Balaban J connectivity index is 2.23. The van der Waals surface area contributed by atoms with Gasteiger partial charge in [0, 0.05) is 37.6 Å². The number of benzene rings is 1. The molecule has 0 saturated carbocycles. The molecule has 4 amide bonds. The lowest BCUT2D eigenvalue weighted by atomic mass is 9.99. The van der Waals surface area contributed by atoms with Gasteiger partial charge in [0.2, 0.25) is 0 Å². The highest BCUT2D eigenvalue weighted by atomic mass is 32.1. The van der Waals surface area contributed by atoms with Crippen LogP contribution in [0.5, 0.6) is 0 Å². The van der Waals surface area contributed by atoms with Gasteiger partial charge in [0.1, 0.15) is 16.6 Å². The van der Waals surface area contributed by atoms with E-state index in [2.05, 4.69) is 24.8 Å². The largest absolute Gasteiger partial charge is 0.362 e. The molecule has 178 valence electrons. The molecule has 7 nitrogen and oxygen atoms in total. The molecule has 0 unspecified atom stereocenters. The summed E-state index contributed by atoms with van der Waals surface area (Å²) >= 11 is 1.42. The fraction of sp³-hybridized carbons (Fsp3) is 0.385. The van der Waals surface area contributed by atoms with Crippen molar-refractivity contribution in [2.45, 2.75) is 39.5 Å². The molecule has 2 heterocycles. The van der Waals surface area contributed by atoms with E-state index < -0.39 is 17.8 Å². The lowest BCUT2D eigenvalue weighted by molar-refractivity contribution is -0.134. The number of urea groups is 1. The molecule has 1 aliphatic rings. The van der Waals surface area contributed by atoms with E-state index in [0.717, 1.165) is 59.1 Å². The van der Waals surface area contributed by atoms with Gasteiger partial charge in [-0.25, -0.2) is 4.79 Å². The second-order valence-corrected chi connectivity index (χ2v) is 9.29. The summed E-state index contributed by atoms with van der Waals surface area (Å²) < 4.78 is 0. The quantitative estimate of drug-likeness (QED) is 0.369. The number of anilines is 1. The second kappa shape index (κ2) is 11.1. The molecule has 3 rings (SSSR count). The number of carbonyl (C=O) groups excluding carboxylic acids is 3. The van der Waals surface area contributed by atoms with Crippen LogP contribution in [0.25, 0.3) is 17.2 Å². The van der Waals surface area contributed by atoms with Crippen molar-refractivity contribution >= 4 is 40.3 Å². The van der Waals surface area contributed by atoms with Gasteiger partial charge in [-0.2, -0.15) is 5.26 Å². The van der Waals surface area contributed by atoms with Crippen LogP contribution in [-0.2, 0) is 9.59 Å². The summed E-state index contributed by atoms with van der Waals surface area (Å²) in [6.45, 7) is 5.93. The van der Waals surface area contributed by atoms with Crippen LogP contribution in [0.2, 0.25) is 0 Å². The Kier molecular flexibility index (Phi) is 8.24. The van der Waals surface area contributed by atoms with Crippen molar-refractivity contribution in [1.82, 2.24) is 9.80 Å². The van der Waals surface area contributed by atoms with E-state index in [9.17, 15) is 19.6 Å². The lowest BCUT2D eigenvalue weighted by Gasteiger charge is -2.28. The number of hydrogen-bond acceptors (Lipinski definition) is 6. The maximum Gasteiger partial charge on any atom is 0.333 e. The van der Waals surface area contributed by atoms with Crippen LogP contribution in [-0.4, -0.2) is 54.8 Å². The third kappa shape index (κ3) is 4.90. The summed E-state index contributed by atoms with van der Waals surface area (Å²) in [4.78, 5) is 42.6. The van der Waals surface area contributed by atoms with Gasteiger partial charge in [-0.3, -0.25) is 19.4 Å². The number of unbranched alkanes of at least 4 members (excludes halogenated alkanes) is 2. The highest BCUT2D eigenvalue weighted by Crippen LogP contribution is 2.43. The third-order valence-electron chi connectivity index (χ3n) is 5.86. The molecule has 1 aromatic carbocycles. The summed E-state index contributed by atoms with van der Waals surface area (Å²) in [7, 11) is 2.72. The zero-order chi connectivity index (χ0) is 24.8. The molecule has 1 fully saturated rings. The van der Waals surface area contributed by atoms with Gasteiger partial charge >= 0.3 is 6.03 Å². The van der Waals surface area contributed by atoms with Gasteiger partial charge in [0.05, 0.1) is 5.56 Å². The van der Waals surface area contributed by atoms with Crippen molar-refractivity contribution in [3.63, 3.8) is 0 Å². The standard InChI is InChI=1S/C26H30N4O3S/c1-5-7-14-30(15-8-6-2)25-20(17-27)22(18-12-10-9-11-13-18)21(34-25)16-19-23(31)28(3)26(33)29(4)24(19)32/h9-13,16H,5-8,14-15H2,1-4H3. The number of nitriles is 1. The molecule has 8 heteroatoms. The monoisotopic (exact) mass is 478 g/mol. The molecule has 0 N–H and O–H groups in total. The van der Waals surface area contributed by atoms with Gasteiger partial charge in [-0.05, 0) is 24.5 Å². The van der Waals surface area contributed by atoms with E-state index in [0.29, 0.717) is 16.0 Å². The smallest absolute Gasteiger partial charge is 0.333 e. The second-order valence-electron chi connectivity index (χ2n) is 8.26. The topological polar surface area (TPSA) is 84.7 Å². The first-order valence-electron chi connectivity index (χ1n) is 11.5. The molecule has 0 radical (unpaired) electrons. The van der Waals surface area contributed by atoms with Crippen molar-refractivity contribution in [3.05, 3.63) is 46.3 Å². The predicted molar refractivity (Wildman–Crippen MR) is 135 cm³/mol. The number of nitrogens with zero attached hydrogens (tertiary/aromatic N) is 4. The number of likely N-dealkylation sites (N-methyl/N-ethyl adjacent to an activating group) is 2. The van der Waals surface area contributed by atoms with Crippen molar-refractivity contribution < 1.29 is 14.4 Å². The molecule has 0 aliphatic carbocycles. The van der Waals surface area contributed by atoms with E-state index in [-0.39, 0.29) is 5.57 Å². The minimum Gasteiger partial charge on any atom is -0.362 e. The summed E-state index contributed by atoms with van der Waals surface area (Å²) in [5, 5.41) is 11.1. The molecule has 0 atom stereocenters. The first-order chi connectivity index (χ1) is 16.3. The number of barbiturate groups is 1. The van der Waals surface area contributed by atoms with Crippen LogP contribution in [0.1, 0.15) is 50.0 Å². The van der Waals surface area contributed by atoms with Crippen LogP contribution in [0.4, 0.5) is 9.80 Å². The maximum absolute atomic E-state index is 12.8. The third-order valence-corrected chi connectivity index (χ3v) is 7.06. The summed E-state index contributed by atoms with van der Waals surface area (Å²) in [5.74, 6) is -1.29. The summed E-state index contributed by atoms with van der Waals surface area (Å²) in [5.41, 5.74) is 2.00. The molecular formula is C26H30N4O3S. The van der Waals surface area contributed by atoms with Crippen LogP contribution in [0.15, 0.2) is 35.9 Å². The fourth-order valence-electron chi connectivity index (χ4n) is 3.87. The number of carbonyl (C=O) groups is 3. The SMILES string of the molecule is CCCCN(CCCC)c1sc(C=C2C(=O)N(C)C(=O)N(C)C2=O)c(-c2ccccc2)c1C#N. The average Bonchev–Trinajstić information content (AvgIpc) is 3.22. The molecule has 1 aliphatic heterocycles. The number of rotatable bonds is 9. The number of hydrogen-bond donors (Lipinski definition) is 0. The molecule has 34 heavy (non-hydrogen) atoms. The van der Waals surface area contributed by atoms with E-state index in [1.807, 2.05) is 30.3 Å². The maximum atomic E-state index is 12.8. The van der Waals surface area contributed by atoms with E-state index in [1.54, 1.807) is 6.08 Å². The van der Waals surface area contributed by atoms with Gasteiger partial charge in [-0.1, -0.05) is 57.0 Å². The van der Waals surface area contributed by atoms with E-state index >= 15 is 0 Å². The molecule has 1 saturated heterocycles. The zero-order valence-corrected chi connectivity index (χ0v) is 20.9. The van der Waals surface area contributed by atoms with Crippen LogP contribution < -0.4 is 4.90 Å². The molecule has 0 spiro atoms. The van der Waals surface area contributed by atoms with Crippen molar-refractivity contribution in [2.75, 3.05) is 32.1 Å². The van der Waals surface area contributed by atoms with Gasteiger partial charge in [-0.15, -0.1) is 11.3 Å². The number of amides is 4. The van der Waals surface area contributed by atoms with Gasteiger partial charge < -0.3 is 4.90 Å². The highest BCUT2D eigenvalue weighted by Gasteiger charge is 2.38. The average molecular weight is 479 g/mol. The van der Waals surface area contributed by atoms with Crippen LogP contribution in [0.3, 0.4) is 0 Å². The fourth-order valence-corrected chi connectivity index (χ4v) is 5.14. The highest BCUT2D eigenvalue weighted by molar-refractivity contribution is 7.17. The van der Waals surface area contributed by atoms with Crippen LogP contribution in [0, 0.1) is 11.3 Å². The Hall–Kier alpha value is -3.44. The lowest BCUT2D eigenvalue weighted by Crippen LogP contribution is -2.52. The minimum absolute atomic E-state index is 0.0901. The Morgan fingerprint density at radius 1 is 0.971 bits per heavy atom. The summed E-state index contributed by atoms with van der Waals surface area (Å²) in [6, 6.07) is 11.3. The molecule has 2 aromatic rings. The number of thiophene rings is 1. The number of imide groups is 2. The first-order valence-corrected chi connectivity index (χ1v) is 12.4. The predicted octanol–water partition coefficient (Wildman–Crippen LogP) is 5.13. The first kappa shape index (κ1) is 25.2. The summed E-state index contributed by atoms with van der Waals surface area (Å²) in [6.07, 6.45) is 5.61. The normalized spacial score (nSPS) is 14.0. The van der Waals surface area contributed by atoms with E-state index in [4.69, 9.17) is 0 Å². The van der Waals surface area contributed by atoms with Crippen molar-refractivity contribution in [3.8, 4) is 17.2 Å². The van der Waals surface area contributed by atoms with Crippen molar-refractivity contribution in [1.29, 1.82) is 5.26 Å². The molecule has 0 bridgehead atoms. The Morgan fingerprint density at radius 3 is 2.03 bits per heavy atom. The zero-order valence-electron chi connectivity index (χ0n) is 20.1. The molecular weight excluding hydrogens is 448 g/mol. The van der Waals surface area contributed by atoms with E-state index in [1.165, 1.54) is 25.4 Å². The van der Waals surface area contributed by atoms with Gasteiger partial charge in [0.15, 0.2) is 0 Å². The Bertz CT molecular complexity index is 1110. The molecule has 1 aromatic heterocycles. The minimum atomic E-state index is -0.662. The van der Waals surface area contributed by atoms with Crippen LogP contribution >= 0.6 is 11.3 Å². The Labute approximate surface area is 204 Å². The van der Waals surface area contributed by atoms with Gasteiger partial charge in [0.25, 0.3) is 11.8 Å².